The number of hydrogen-bond acceptors (Lipinski definition) is 1. The first-order valence-corrected chi connectivity index (χ1v) is 3.13. The molecule has 1 nitrogen and oxygen atoms in total. The molecule has 1 aromatic rings. The third-order valence-electron chi connectivity index (χ3n) is 1.40. The first kappa shape index (κ1) is 12.6. The van der Waals surface area contributed by atoms with E-state index in [0.717, 1.165) is 6.07 Å². The van der Waals surface area contributed by atoms with Crippen molar-refractivity contribution in [3.63, 3.8) is 0 Å². The van der Waals surface area contributed by atoms with Crippen LogP contribution in [0.15, 0.2) is 18.3 Å². The SMILES string of the molecule is Cc1ncccc1[B-](F)(F)F.[K+]. The Morgan fingerprint density at radius 2 is 1.92 bits per heavy atom. The molecule has 1 rings (SSSR count). The zero-order valence-electron chi connectivity index (χ0n) is 6.89. The van der Waals surface area contributed by atoms with Crippen LogP contribution in [0.25, 0.3) is 0 Å². The minimum Gasteiger partial charge on any atom is -0.445 e. The van der Waals surface area contributed by atoms with E-state index < -0.39 is 12.4 Å². The van der Waals surface area contributed by atoms with Gasteiger partial charge >= 0.3 is 58.4 Å². The normalized spacial score (nSPS) is 10.7. The Kier molecular flexibility index (Phi) is 5.01. The summed E-state index contributed by atoms with van der Waals surface area (Å²) in [6, 6.07) is 2.33. The molecule has 0 amide bonds. The van der Waals surface area contributed by atoms with Crippen molar-refractivity contribution in [1.82, 2.24) is 4.98 Å². The van der Waals surface area contributed by atoms with Gasteiger partial charge in [0.2, 0.25) is 0 Å². The molecule has 0 N–H and O–H groups in total. The second-order valence-corrected chi connectivity index (χ2v) is 2.25. The summed E-state index contributed by atoms with van der Waals surface area (Å²) in [6.07, 6.45) is 1.35. The number of rotatable bonds is 1. The molecule has 60 valence electrons. The smallest absolute Gasteiger partial charge is 0.445 e. The molecule has 0 aromatic carbocycles. The summed E-state index contributed by atoms with van der Waals surface area (Å²) in [5.41, 5.74) is -0.562. The van der Waals surface area contributed by atoms with E-state index >= 15 is 0 Å². The van der Waals surface area contributed by atoms with Crippen LogP contribution in [-0.4, -0.2) is 12.0 Å². The van der Waals surface area contributed by atoms with Crippen LogP contribution in [-0.2, 0) is 0 Å². The minimum atomic E-state index is -4.89. The zero-order chi connectivity index (χ0) is 8.48. The van der Waals surface area contributed by atoms with E-state index in [1.165, 1.54) is 19.2 Å². The molecule has 0 saturated carbocycles. The Bertz CT molecular complexity index is 263. The van der Waals surface area contributed by atoms with E-state index in [9.17, 15) is 12.9 Å². The molecule has 0 bridgehead atoms. The third kappa shape index (κ3) is 3.18. The summed E-state index contributed by atoms with van der Waals surface area (Å²) < 4.78 is 36.2. The van der Waals surface area contributed by atoms with E-state index in [1.54, 1.807) is 0 Å². The average Bonchev–Trinajstić information content (AvgIpc) is 1.86. The number of aromatic nitrogens is 1. The third-order valence-corrected chi connectivity index (χ3v) is 1.40. The summed E-state index contributed by atoms with van der Waals surface area (Å²) in [7, 11) is 0. The first-order chi connectivity index (χ1) is 5.02. The summed E-state index contributed by atoms with van der Waals surface area (Å²) >= 11 is 0. The van der Waals surface area contributed by atoms with E-state index in [4.69, 9.17) is 0 Å². The monoisotopic (exact) mass is 199 g/mol. The molecule has 0 spiro atoms. The number of halogens is 3. The van der Waals surface area contributed by atoms with Crippen LogP contribution in [0.3, 0.4) is 0 Å². The van der Waals surface area contributed by atoms with Gasteiger partial charge in [-0.05, 0) is 13.0 Å². The van der Waals surface area contributed by atoms with Crippen LogP contribution in [0.5, 0.6) is 0 Å². The van der Waals surface area contributed by atoms with E-state index in [2.05, 4.69) is 4.98 Å². The first-order valence-electron chi connectivity index (χ1n) is 3.13. The fraction of sp³-hybridized carbons (Fsp3) is 0.167. The zero-order valence-corrected chi connectivity index (χ0v) is 10.0. The summed E-state index contributed by atoms with van der Waals surface area (Å²) in [4.78, 5) is 3.54. The predicted molar refractivity (Wildman–Crippen MR) is 37.7 cm³/mol. The molecule has 0 aliphatic carbocycles. The van der Waals surface area contributed by atoms with Gasteiger partial charge in [-0.3, -0.25) is 4.98 Å². The van der Waals surface area contributed by atoms with Gasteiger partial charge in [0.25, 0.3) is 0 Å². The molecule has 0 saturated heterocycles. The van der Waals surface area contributed by atoms with E-state index in [0.29, 0.717) is 0 Å². The fourth-order valence-corrected chi connectivity index (χ4v) is 0.843. The fourth-order valence-electron chi connectivity index (χ4n) is 0.843. The average molecular weight is 199 g/mol. The topological polar surface area (TPSA) is 12.9 Å². The van der Waals surface area contributed by atoms with E-state index in [-0.39, 0.29) is 57.1 Å². The molecule has 0 aliphatic rings. The van der Waals surface area contributed by atoms with Crippen LogP contribution in [0.1, 0.15) is 5.69 Å². The summed E-state index contributed by atoms with van der Waals surface area (Å²) in [5.74, 6) is 0. The summed E-state index contributed by atoms with van der Waals surface area (Å²) in [5, 5.41) is 0. The second-order valence-electron chi connectivity index (χ2n) is 2.25. The molecule has 6 heteroatoms. The summed E-state index contributed by atoms with van der Waals surface area (Å²) in [6.45, 7) is -3.54. The number of pyridine rings is 1. The molecule has 12 heavy (non-hydrogen) atoms. The standard InChI is InChI=1S/C6H6BF3N.K/c1-5-6(7(8,9)10)3-2-4-11-5;/h2-4H,1H3;/q-1;+1. The van der Waals surface area contributed by atoms with Gasteiger partial charge in [-0.25, -0.2) is 0 Å². The Morgan fingerprint density at radius 1 is 1.33 bits per heavy atom. The molecule has 0 aliphatic heterocycles. The van der Waals surface area contributed by atoms with Gasteiger partial charge in [0, 0.05) is 11.9 Å². The van der Waals surface area contributed by atoms with Gasteiger partial charge in [0.05, 0.1) is 0 Å². The van der Waals surface area contributed by atoms with Crippen molar-refractivity contribution < 1.29 is 64.3 Å². The van der Waals surface area contributed by atoms with Gasteiger partial charge in [-0.15, -0.1) is 0 Å². The predicted octanol–water partition coefficient (Wildman–Crippen LogP) is -1.55. The van der Waals surface area contributed by atoms with Gasteiger partial charge in [-0.2, -0.15) is 0 Å². The van der Waals surface area contributed by atoms with Crippen molar-refractivity contribution in [3.8, 4) is 0 Å². The molecule has 0 unspecified atom stereocenters. The Labute approximate surface area is 111 Å². The molecule has 1 aromatic heterocycles. The van der Waals surface area contributed by atoms with Crippen molar-refractivity contribution in [2.75, 3.05) is 0 Å². The molecular formula is C6H6BF3KN. The van der Waals surface area contributed by atoms with Crippen LogP contribution in [0.2, 0.25) is 0 Å². The van der Waals surface area contributed by atoms with Crippen LogP contribution < -0.4 is 56.8 Å². The maximum atomic E-state index is 12.1. The van der Waals surface area contributed by atoms with Gasteiger partial charge < -0.3 is 12.9 Å². The number of nitrogens with zero attached hydrogens (tertiary/aromatic N) is 1. The Hall–Kier alpha value is 0.641. The van der Waals surface area contributed by atoms with Crippen LogP contribution >= 0.6 is 0 Å². The van der Waals surface area contributed by atoms with Crippen molar-refractivity contribution >= 4 is 12.4 Å². The van der Waals surface area contributed by atoms with E-state index in [1.807, 2.05) is 0 Å². The van der Waals surface area contributed by atoms with Gasteiger partial charge in [0.15, 0.2) is 0 Å². The van der Waals surface area contributed by atoms with Crippen LogP contribution in [0, 0.1) is 6.92 Å². The van der Waals surface area contributed by atoms with Crippen molar-refractivity contribution in [2.24, 2.45) is 0 Å². The van der Waals surface area contributed by atoms with Crippen molar-refractivity contribution in [2.45, 2.75) is 6.92 Å². The second kappa shape index (κ2) is 4.76. The largest absolute Gasteiger partial charge is 1.00 e. The van der Waals surface area contributed by atoms with Crippen molar-refractivity contribution in [1.29, 1.82) is 0 Å². The quantitative estimate of drug-likeness (QED) is 0.499. The Morgan fingerprint density at radius 3 is 2.25 bits per heavy atom. The molecule has 0 atom stereocenters. The maximum absolute atomic E-state index is 12.1. The van der Waals surface area contributed by atoms with Crippen molar-refractivity contribution in [3.05, 3.63) is 24.0 Å². The molecule has 1 heterocycles. The van der Waals surface area contributed by atoms with Gasteiger partial charge in [0.1, 0.15) is 0 Å². The Balaban J connectivity index is 0.00000121. The van der Waals surface area contributed by atoms with Gasteiger partial charge in [-0.1, -0.05) is 11.5 Å². The maximum Gasteiger partial charge on any atom is 1.00 e. The number of hydrogen-bond donors (Lipinski definition) is 0. The minimum absolute atomic E-state index is 0. The molecule has 0 fully saturated rings. The molecular weight excluding hydrogens is 193 g/mol. The number of aryl methyl sites for hydroxylation is 1. The van der Waals surface area contributed by atoms with Crippen LogP contribution in [0.4, 0.5) is 12.9 Å². The molecule has 0 radical (unpaired) electrons.